The lowest BCUT2D eigenvalue weighted by atomic mass is 9.95. The number of hydrogen-bond donors (Lipinski definition) is 1. The van der Waals surface area contributed by atoms with Crippen LogP contribution in [0.1, 0.15) is 31.9 Å². The van der Waals surface area contributed by atoms with Crippen LogP contribution in [-0.4, -0.2) is 38.1 Å². The van der Waals surface area contributed by atoms with Crippen molar-refractivity contribution in [3.63, 3.8) is 0 Å². The molecule has 19 heavy (non-hydrogen) atoms. The summed E-state index contributed by atoms with van der Waals surface area (Å²) in [6.07, 6.45) is -0.109. The molecule has 0 bridgehead atoms. The molecule has 0 fully saturated rings. The highest BCUT2D eigenvalue weighted by Crippen LogP contribution is 2.31. The van der Waals surface area contributed by atoms with Crippen molar-refractivity contribution in [2.75, 3.05) is 27.4 Å². The minimum atomic E-state index is -0.617. The molecule has 0 aliphatic carbocycles. The predicted molar refractivity (Wildman–Crippen MR) is 74.5 cm³/mol. The molecule has 4 heteroatoms. The molecule has 1 N–H and O–H groups in total. The fourth-order valence-electron chi connectivity index (χ4n) is 1.78. The van der Waals surface area contributed by atoms with Crippen molar-refractivity contribution in [3.8, 4) is 5.75 Å². The summed E-state index contributed by atoms with van der Waals surface area (Å²) in [4.78, 5) is 0. The number of ether oxygens (including phenoxy) is 3. The fraction of sp³-hybridized carbons (Fsp3) is 0.600. The van der Waals surface area contributed by atoms with Crippen molar-refractivity contribution in [1.82, 2.24) is 0 Å². The van der Waals surface area contributed by atoms with E-state index in [1.807, 2.05) is 38.1 Å². The Morgan fingerprint density at radius 2 is 1.84 bits per heavy atom. The largest absolute Gasteiger partial charge is 0.491 e. The summed E-state index contributed by atoms with van der Waals surface area (Å²) in [6, 6.07) is 7.51. The van der Waals surface area contributed by atoms with Crippen molar-refractivity contribution in [3.05, 3.63) is 29.8 Å². The van der Waals surface area contributed by atoms with Crippen LogP contribution in [0.25, 0.3) is 0 Å². The average Bonchev–Trinajstić information content (AvgIpc) is 2.39. The number of aliphatic hydroxyl groups excluding tert-OH is 1. The molecule has 0 aliphatic rings. The van der Waals surface area contributed by atoms with Crippen LogP contribution in [0, 0.1) is 0 Å². The van der Waals surface area contributed by atoms with E-state index < -0.39 is 6.10 Å². The summed E-state index contributed by atoms with van der Waals surface area (Å²) in [5, 5.41) is 10.3. The summed E-state index contributed by atoms with van der Waals surface area (Å²) in [6.45, 7) is 4.89. The molecule has 108 valence electrons. The van der Waals surface area contributed by atoms with Gasteiger partial charge in [0.15, 0.2) is 0 Å². The Hall–Kier alpha value is -1.10. The molecule has 4 nitrogen and oxygen atoms in total. The summed E-state index contributed by atoms with van der Waals surface area (Å²) >= 11 is 0. The van der Waals surface area contributed by atoms with Gasteiger partial charge in [-0.1, -0.05) is 18.2 Å². The summed E-state index contributed by atoms with van der Waals surface area (Å²) in [5.41, 5.74) is 0.405. The molecule has 1 rings (SSSR count). The van der Waals surface area contributed by atoms with Crippen molar-refractivity contribution in [2.45, 2.75) is 32.0 Å². The molecule has 0 saturated carbocycles. The Morgan fingerprint density at radius 1 is 1.16 bits per heavy atom. The molecular formula is C15H24O4. The minimum Gasteiger partial charge on any atom is -0.491 e. The van der Waals surface area contributed by atoms with Crippen LogP contribution < -0.4 is 4.74 Å². The van der Waals surface area contributed by atoms with Gasteiger partial charge in [0, 0.05) is 26.2 Å². The van der Waals surface area contributed by atoms with E-state index in [1.165, 1.54) is 0 Å². The Bertz CT molecular complexity index is 376. The third-order valence-corrected chi connectivity index (χ3v) is 3.06. The minimum absolute atomic E-state index is 0.376. The van der Waals surface area contributed by atoms with Crippen LogP contribution in [-0.2, 0) is 9.47 Å². The Balaban J connectivity index is 2.75. The molecular weight excluding hydrogens is 244 g/mol. The van der Waals surface area contributed by atoms with E-state index >= 15 is 0 Å². The Kier molecular flexibility index (Phi) is 6.28. The standard InChI is InChI=1S/C15H24O4/c1-15(2,18-4)11-13(16)12-7-5-6-8-14(12)19-10-9-17-3/h5-8,13,16H,9-11H2,1-4H3. The molecule has 0 heterocycles. The second-order valence-corrected chi connectivity index (χ2v) is 5.06. The fourth-order valence-corrected chi connectivity index (χ4v) is 1.78. The van der Waals surface area contributed by atoms with Crippen molar-refractivity contribution in [1.29, 1.82) is 0 Å². The number of benzene rings is 1. The maximum absolute atomic E-state index is 10.3. The number of rotatable bonds is 8. The van der Waals surface area contributed by atoms with Crippen molar-refractivity contribution >= 4 is 0 Å². The zero-order valence-corrected chi connectivity index (χ0v) is 12.2. The molecule has 0 saturated heterocycles. The molecule has 1 atom stereocenters. The number of hydrogen-bond acceptors (Lipinski definition) is 4. The molecule has 0 aliphatic heterocycles. The highest BCUT2D eigenvalue weighted by atomic mass is 16.5. The topological polar surface area (TPSA) is 47.9 Å². The molecule has 1 unspecified atom stereocenters. The lowest BCUT2D eigenvalue weighted by Crippen LogP contribution is -2.25. The molecule has 0 radical (unpaired) electrons. The lowest BCUT2D eigenvalue weighted by molar-refractivity contribution is -0.0206. The molecule has 0 spiro atoms. The number of para-hydroxylation sites is 1. The SMILES string of the molecule is COCCOc1ccccc1C(O)CC(C)(C)OC. The maximum atomic E-state index is 10.3. The van der Waals surface area contributed by atoms with Gasteiger partial charge in [0.25, 0.3) is 0 Å². The first-order chi connectivity index (χ1) is 9.00. The molecule has 1 aromatic carbocycles. The van der Waals surface area contributed by atoms with E-state index in [2.05, 4.69) is 0 Å². The van der Waals surface area contributed by atoms with Gasteiger partial charge in [-0.3, -0.25) is 0 Å². The van der Waals surface area contributed by atoms with Gasteiger partial charge in [0.05, 0.1) is 18.3 Å². The quantitative estimate of drug-likeness (QED) is 0.736. The van der Waals surface area contributed by atoms with Gasteiger partial charge in [-0.05, 0) is 19.9 Å². The van der Waals surface area contributed by atoms with Crippen LogP contribution >= 0.6 is 0 Å². The van der Waals surface area contributed by atoms with Crippen LogP contribution in [0.3, 0.4) is 0 Å². The Morgan fingerprint density at radius 3 is 2.47 bits per heavy atom. The highest BCUT2D eigenvalue weighted by Gasteiger charge is 2.24. The summed E-state index contributed by atoms with van der Waals surface area (Å²) in [5.74, 6) is 0.693. The maximum Gasteiger partial charge on any atom is 0.125 e. The number of methoxy groups -OCH3 is 2. The van der Waals surface area contributed by atoms with Crippen LogP contribution in [0.5, 0.6) is 5.75 Å². The van der Waals surface area contributed by atoms with E-state index in [9.17, 15) is 5.11 Å². The smallest absolute Gasteiger partial charge is 0.125 e. The zero-order chi connectivity index (χ0) is 14.3. The van der Waals surface area contributed by atoms with Gasteiger partial charge in [-0.2, -0.15) is 0 Å². The third-order valence-electron chi connectivity index (χ3n) is 3.06. The van der Waals surface area contributed by atoms with Crippen molar-refractivity contribution < 1.29 is 19.3 Å². The first kappa shape index (κ1) is 16.0. The van der Waals surface area contributed by atoms with E-state index in [0.29, 0.717) is 25.4 Å². The molecule has 1 aromatic rings. The Labute approximate surface area is 115 Å². The first-order valence-corrected chi connectivity index (χ1v) is 6.44. The second-order valence-electron chi connectivity index (χ2n) is 5.06. The average molecular weight is 268 g/mol. The van der Waals surface area contributed by atoms with E-state index in [-0.39, 0.29) is 5.60 Å². The van der Waals surface area contributed by atoms with E-state index in [0.717, 1.165) is 5.56 Å². The van der Waals surface area contributed by atoms with Crippen LogP contribution in [0.15, 0.2) is 24.3 Å². The van der Waals surface area contributed by atoms with Crippen LogP contribution in [0.2, 0.25) is 0 Å². The predicted octanol–water partition coefficient (Wildman–Crippen LogP) is 2.56. The van der Waals surface area contributed by atoms with E-state index in [1.54, 1.807) is 14.2 Å². The van der Waals surface area contributed by atoms with E-state index in [4.69, 9.17) is 14.2 Å². The third kappa shape index (κ3) is 5.19. The highest BCUT2D eigenvalue weighted by molar-refractivity contribution is 5.35. The van der Waals surface area contributed by atoms with Gasteiger partial charge in [0.1, 0.15) is 12.4 Å². The second kappa shape index (κ2) is 7.48. The van der Waals surface area contributed by atoms with Crippen LogP contribution in [0.4, 0.5) is 0 Å². The number of aliphatic hydroxyl groups is 1. The normalized spacial score (nSPS) is 13.3. The summed E-state index contributed by atoms with van der Waals surface area (Å²) < 4.78 is 15.9. The lowest BCUT2D eigenvalue weighted by Gasteiger charge is -2.26. The first-order valence-electron chi connectivity index (χ1n) is 6.44. The monoisotopic (exact) mass is 268 g/mol. The summed E-state index contributed by atoms with van der Waals surface area (Å²) in [7, 11) is 3.28. The van der Waals surface area contributed by atoms with Crippen molar-refractivity contribution in [2.24, 2.45) is 0 Å². The molecule has 0 aromatic heterocycles. The molecule has 0 amide bonds. The van der Waals surface area contributed by atoms with Gasteiger partial charge >= 0.3 is 0 Å². The zero-order valence-electron chi connectivity index (χ0n) is 12.2. The van der Waals surface area contributed by atoms with Gasteiger partial charge in [-0.25, -0.2) is 0 Å². The van der Waals surface area contributed by atoms with Gasteiger partial charge in [-0.15, -0.1) is 0 Å². The van der Waals surface area contributed by atoms with Gasteiger partial charge in [0.2, 0.25) is 0 Å². The van der Waals surface area contributed by atoms with Gasteiger partial charge < -0.3 is 19.3 Å².